The van der Waals surface area contributed by atoms with E-state index >= 15 is 0 Å². The third-order valence-corrected chi connectivity index (χ3v) is 1.94. The van der Waals surface area contributed by atoms with Crippen LogP contribution in [0.15, 0.2) is 24.8 Å². The van der Waals surface area contributed by atoms with E-state index in [0.29, 0.717) is 0 Å². The Morgan fingerprint density at radius 2 is 1.58 bits per heavy atom. The fraction of sp³-hybridized carbons (Fsp3) is 0.636. The van der Waals surface area contributed by atoms with Crippen molar-refractivity contribution in [3.63, 3.8) is 0 Å². The average molecular weight is 187 g/mol. The Bertz CT molecular complexity index is 116. The summed E-state index contributed by atoms with van der Waals surface area (Å²) in [6.07, 6.45) is 13.7. The fourth-order valence-electron chi connectivity index (χ4n) is 1.03. The third kappa shape index (κ3) is 9.77. The van der Waals surface area contributed by atoms with E-state index in [1.54, 1.807) is 0 Å². The zero-order chi connectivity index (χ0) is 9.07. The molecule has 0 atom stereocenters. The number of hydrogen-bond donors (Lipinski definition) is 0. The summed E-state index contributed by atoms with van der Waals surface area (Å²) in [5, 5.41) is 0. The molecule has 0 spiro atoms. The second kappa shape index (κ2) is 10.8. The van der Waals surface area contributed by atoms with Crippen molar-refractivity contribution in [2.24, 2.45) is 0 Å². The van der Waals surface area contributed by atoms with Gasteiger partial charge in [-0.05, 0) is 32.1 Å². The monoisotopic (exact) mass is 186 g/mol. The lowest BCUT2D eigenvalue weighted by atomic mass is 10.1. The SMILES string of the molecule is C=CCCCCC/C=C/CCCl. The van der Waals surface area contributed by atoms with E-state index in [1.165, 1.54) is 25.7 Å². The molecule has 1 heteroatoms. The highest BCUT2D eigenvalue weighted by Gasteiger charge is 1.84. The molecule has 0 aliphatic rings. The van der Waals surface area contributed by atoms with E-state index in [2.05, 4.69) is 18.7 Å². The first-order valence-electron chi connectivity index (χ1n) is 4.73. The third-order valence-electron chi connectivity index (χ3n) is 1.72. The molecular formula is C11H19Cl. The number of rotatable bonds is 8. The van der Waals surface area contributed by atoms with E-state index in [9.17, 15) is 0 Å². The molecule has 0 nitrogen and oxygen atoms in total. The van der Waals surface area contributed by atoms with Crippen LogP contribution in [0, 0.1) is 0 Å². The maximum atomic E-state index is 5.52. The lowest BCUT2D eigenvalue weighted by Crippen LogP contribution is -1.74. The van der Waals surface area contributed by atoms with Crippen molar-refractivity contribution in [1.82, 2.24) is 0 Å². The Balaban J connectivity index is 2.94. The van der Waals surface area contributed by atoms with Crippen LogP contribution in [0.25, 0.3) is 0 Å². The van der Waals surface area contributed by atoms with Crippen LogP contribution >= 0.6 is 11.6 Å². The molecule has 0 aromatic rings. The minimum absolute atomic E-state index is 0.743. The molecule has 12 heavy (non-hydrogen) atoms. The van der Waals surface area contributed by atoms with Gasteiger partial charge in [-0.15, -0.1) is 18.2 Å². The van der Waals surface area contributed by atoms with E-state index in [0.717, 1.165) is 18.7 Å². The van der Waals surface area contributed by atoms with E-state index < -0.39 is 0 Å². The second-order valence-electron chi connectivity index (χ2n) is 2.88. The topological polar surface area (TPSA) is 0 Å². The number of alkyl halides is 1. The van der Waals surface area contributed by atoms with Gasteiger partial charge in [-0.2, -0.15) is 0 Å². The van der Waals surface area contributed by atoms with Gasteiger partial charge in [0.2, 0.25) is 0 Å². The minimum atomic E-state index is 0.743. The average Bonchev–Trinajstić information content (AvgIpc) is 2.10. The molecule has 0 aliphatic carbocycles. The van der Waals surface area contributed by atoms with Crippen molar-refractivity contribution in [2.45, 2.75) is 38.5 Å². The van der Waals surface area contributed by atoms with Crippen molar-refractivity contribution in [2.75, 3.05) is 5.88 Å². The van der Waals surface area contributed by atoms with Gasteiger partial charge in [0.15, 0.2) is 0 Å². The van der Waals surface area contributed by atoms with Crippen molar-refractivity contribution in [1.29, 1.82) is 0 Å². The Labute approximate surface area is 81.3 Å². The van der Waals surface area contributed by atoms with Gasteiger partial charge in [0.1, 0.15) is 0 Å². The summed E-state index contributed by atoms with van der Waals surface area (Å²) in [5.41, 5.74) is 0. The number of hydrogen-bond acceptors (Lipinski definition) is 0. The summed E-state index contributed by atoms with van der Waals surface area (Å²) in [5.74, 6) is 0.743. The van der Waals surface area contributed by atoms with Crippen LogP contribution in [0.2, 0.25) is 0 Å². The Morgan fingerprint density at radius 3 is 2.25 bits per heavy atom. The molecule has 0 saturated carbocycles. The maximum Gasteiger partial charge on any atom is 0.0257 e. The molecule has 0 N–H and O–H groups in total. The first kappa shape index (κ1) is 11.8. The molecule has 0 heterocycles. The highest BCUT2D eigenvalue weighted by atomic mass is 35.5. The van der Waals surface area contributed by atoms with E-state index in [4.69, 9.17) is 11.6 Å². The zero-order valence-corrected chi connectivity index (χ0v) is 8.52. The van der Waals surface area contributed by atoms with E-state index in [1.807, 2.05) is 6.08 Å². The molecule has 0 radical (unpaired) electrons. The number of halogens is 1. The van der Waals surface area contributed by atoms with Gasteiger partial charge < -0.3 is 0 Å². The fourth-order valence-corrected chi connectivity index (χ4v) is 1.15. The van der Waals surface area contributed by atoms with Crippen LogP contribution in [0.5, 0.6) is 0 Å². The summed E-state index contributed by atoms with van der Waals surface area (Å²) >= 11 is 5.52. The molecule has 0 rings (SSSR count). The van der Waals surface area contributed by atoms with Gasteiger partial charge >= 0.3 is 0 Å². The lowest BCUT2D eigenvalue weighted by Gasteiger charge is -1.94. The molecule has 0 aromatic carbocycles. The van der Waals surface area contributed by atoms with Gasteiger partial charge in [-0.1, -0.05) is 24.6 Å². The van der Waals surface area contributed by atoms with Crippen LogP contribution in [-0.4, -0.2) is 5.88 Å². The van der Waals surface area contributed by atoms with Gasteiger partial charge in [0, 0.05) is 5.88 Å². The number of allylic oxidation sites excluding steroid dienone is 3. The van der Waals surface area contributed by atoms with Gasteiger partial charge in [0.25, 0.3) is 0 Å². The highest BCUT2D eigenvalue weighted by Crippen LogP contribution is 2.04. The quantitative estimate of drug-likeness (QED) is 0.301. The molecule has 70 valence electrons. The molecule has 0 amide bonds. The predicted octanol–water partition coefficient (Wildman–Crippen LogP) is 4.31. The normalized spacial score (nSPS) is 10.8. The van der Waals surface area contributed by atoms with Crippen molar-refractivity contribution >= 4 is 11.6 Å². The van der Waals surface area contributed by atoms with Gasteiger partial charge in [0.05, 0.1) is 0 Å². The summed E-state index contributed by atoms with van der Waals surface area (Å²) in [6, 6.07) is 0. The molecule has 0 fully saturated rings. The van der Waals surface area contributed by atoms with Crippen LogP contribution in [-0.2, 0) is 0 Å². The predicted molar refractivity (Wildman–Crippen MR) is 57.8 cm³/mol. The van der Waals surface area contributed by atoms with Crippen LogP contribution in [0.3, 0.4) is 0 Å². The van der Waals surface area contributed by atoms with Crippen LogP contribution < -0.4 is 0 Å². The summed E-state index contributed by atoms with van der Waals surface area (Å²) < 4.78 is 0. The summed E-state index contributed by atoms with van der Waals surface area (Å²) in [7, 11) is 0. The van der Waals surface area contributed by atoms with Gasteiger partial charge in [-0.3, -0.25) is 0 Å². The van der Waals surface area contributed by atoms with Crippen molar-refractivity contribution in [3.8, 4) is 0 Å². The van der Waals surface area contributed by atoms with Crippen LogP contribution in [0.4, 0.5) is 0 Å². The smallest absolute Gasteiger partial charge is 0.0257 e. The summed E-state index contributed by atoms with van der Waals surface area (Å²) in [6.45, 7) is 3.69. The van der Waals surface area contributed by atoms with Crippen LogP contribution in [0.1, 0.15) is 38.5 Å². The Morgan fingerprint density at radius 1 is 0.917 bits per heavy atom. The first-order valence-corrected chi connectivity index (χ1v) is 5.27. The molecule has 0 aliphatic heterocycles. The largest absolute Gasteiger partial charge is 0.126 e. The first-order chi connectivity index (χ1) is 5.91. The maximum absolute atomic E-state index is 5.52. The minimum Gasteiger partial charge on any atom is -0.126 e. The molecule has 0 bridgehead atoms. The molecular weight excluding hydrogens is 168 g/mol. The number of unbranched alkanes of at least 4 members (excludes halogenated alkanes) is 4. The Hall–Kier alpha value is -0.230. The molecule has 0 unspecified atom stereocenters. The van der Waals surface area contributed by atoms with E-state index in [-0.39, 0.29) is 0 Å². The Kier molecular flexibility index (Phi) is 10.6. The zero-order valence-electron chi connectivity index (χ0n) is 7.77. The van der Waals surface area contributed by atoms with Crippen molar-refractivity contribution < 1.29 is 0 Å². The standard InChI is InChI=1S/C11H19Cl/c1-2-3-4-5-6-7-8-9-10-11-12/h2,8-9H,1,3-7,10-11H2/b9-8+. The van der Waals surface area contributed by atoms with Crippen molar-refractivity contribution in [3.05, 3.63) is 24.8 Å². The highest BCUT2D eigenvalue weighted by molar-refractivity contribution is 6.17. The molecule has 0 aromatic heterocycles. The lowest BCUT2D eigenvalue weighted by molar-refractivity contribution is 0.696. The molecule has 0 saturated heterocycles. The second-order valence-corrected chi connectivity index (χ2v) is 3.25. The van der Waals surface area contributed by atoms with Gasteiger partial charge in [-0.25, -0.2) is 0 Å². The summed E-state index contributed by atoms with van der Waals surface area (Å²) in [4.78, 5) is 0.